The Morgan fingerprint density at radius 3 is 1.84 bits per heavy atom. The van der Waals surface area contributed by atoms with Gasteiger partial charge < -0.3 is 4.57 Å². The van der Waals surface area contributed by atoms with E-state index in [1.807, 2.05) is 0 Å². The third-order valence-corrected chi connectivity index (χ3v) is 6.26. The number of fused-ring (bicyclic) bond motifs is 3. The maximum atomic E-state index is 2.45. The third-order valence-electron chi connectivity index (χ3n) is 6.26. The van der Waals surface area contributed by atoms with Crippen molar-refractivity contribution in [2.45, 2.75) is 6.92 Å². The fraction of sp³-hybridized carbons (Fsp3) is 0.0323. The fourth-order valence-corrected chi connectivity index (χ4v) is 4.77. The van der Waals surface area contributed by atoms with Gasteiger partial charge in [0, 0.05) is 22.0 Å². The van der Waals surface area contributed by atoms with Gasteiger partial charge in [-0.1, -0.05) is 115 Å². The molecule has 0 atom stereocenters. The lowest BCUT2D eigenvalue weighted by Gasteiger charge is -2.14. The van der Waals surface area contributed by atoms with Gasteiger partial charge in [0.2, 0.25) is 0 Å². The highest BCUT2D eigenvalue weighted by Crippen LogP contribution is 2.44. The first-order chi connectivity index (χ1) is 15.8. The Hall–Kier alpha value is -4.10. The molecule has 6 rings (SSSR count). The first-order valence-electron chi connectivity index (χ1n) is 11.1. The monoisotopic (exact) mass is 409 g/mol. The van der Waals surface area contributed by atoms with Crippen LogP contribution < -0.4 is 0 Å². The van der Waals surface area contributed by atoms with Gasteiger partial charge in [0.1, 0.15) is 0 Å². The van der Waals surface area contributed by atoms with Crippen molar-refractivity contribution in [1.82, 2.24) is 4.57 Å². The van der Waals surface area contributed by atoms with Crippen molar-refractivity contribution >= 4 is 21.7 Å². The van der Waals surface area contributed by atoms with Crippen LogP contribution in [0.15, 0.2) is 121 Å². The zero-order valence-corrected chi connectivity index (χ0v) is 18.0. The minimum absolute atomic E-state index is 1.18. The van der Waals surface area contributed by atoms with Crippen LogP contribution in [0, 0.1) is 6.92 Å². The molecule has 32 heavy (non-hydrogen) atoms. The SMILES string of the molecule is Cc1ccc(-n2c(-c3ccccc3)c(-c3ccccc3)c3ccc4ccccc4c32)cc1. The van der Waals surface area contributed by atoms with Gasteiger partial charge in [-0.2, -0.15) is 0 Å². The number of aromatic nitrogens is 1. The second-order valence-corrected chi connectivity index (χ2v) is 8.31. The smallest absolute Gasteiger partial charge is 0.0619 e. The van der Waals surface area contributed by atoms with Gasteiger partial charge in [-0.3, -0.25) is 0 Å². The van der Waals surface area contributed by atoms with E-state index in [1.54, 1.807) is 0 Å². The van der Waals surface area contributed by atoms with Crippen LogP contribution >= 0.6 is 0 Å². The summed E-state index contributed by atoms with van der Waals surface area (Å²) in [5, 5.41) is 3.80. The summed E-state index contributed by atoms with van der Waals surface area (Å²) in [5.41, 5.74) is 8.65. The fourth-order valence-electron chi connectivity index (χ4n) is 4.77. The summed E-state index contributed by atoms with van der Waals surface area (Å²) in [6.07, 6.45) is 0. The van der Waals surface area contributed by atoms with Crippen LogP contribution in [0.5, 0.6) is 0 Å². The number of nitrogens with zero attached hydrogens (tertiary/aromatic N) is 1. The van der Waals surface area contributed by atoms with Gasteiger partial charge in [-0.15, -0.1) is 0 Å². The first-order valence-corrected chi connectivity index (χ1v) is 11.1. The Morgan fingerprint density at radius 2 is 1.12 bits per heavy atom. The molecule has 0 fully saturated rings. The highest BCUT2D eigenvalue weighted by molar-refractivity contribution is 6.15. The number of benzene rings is 5. The van der Waals surface area contributed by atoms with Gasteiger partial charge >= 0.3 is 0 Å². The standard InChI is InChI=1S/C31H23N/c1-22-16-19-26(20-17-22)32-30(25-13-6-3-7-14-25)29(24-11-4-2-5-12-24)28-21-18-23-10-8-9-15-27(23)31(28)32/h2-21H,1H3. The Morgan fingerprint density at radius 1 is 0.500 bits per heavy atom. The average molecular weight is 410 g/mol. The van der Waals surface area contributed by atoms with Gasteiger partial charge in [-0.25, -0.2) is 0 Å². The Bertz CT molecular complexity index is 1540. The van der Waals surface area contributed by atoms with Crippen LogP contribution in [-0.4, -0.2) is 4.57 Å². The van der Waals surface area contributed by atoms with E-state index in [1.165, 1.54) is 55.3 Å². The van der Waals surface area contributed by atoms with Crippen molar-refractivity contribution in [2.24, 2.45) is 0 Å². The molecular formula is C31H23N. The quantitative estimate of drug-likeness (QED) is 0.276. The van der Waals surface area contributed by atoms with Crippen LogP contribution in [0.2, 0.25) is 0 Å². The summed E-state index contributed by atoms with van der Waals surface area (Å²) in [6, 6.07) is 43.6. The third kappa shape index (κ3) is 2.94. The van der Waals surface area contributed by atoms with Gasteiger partial charge in [0.05, 0.1) is 11.2 Å². The number of hydrogen-bond donors (Lipinski definition) is 0. The van der Waals surface area contributed by atoms with Crippen LogP contribution in [-0.2, 0) is 0 Å². The molecule has 1 heterocycles. The minimum atomic E-state index is 1.18. The summed E-state index contributed by atoms with van der Waals surface area (Å²) in [4.78, 5) is 0. The van der Waals surface area contributed by atoms with Crippen molar-refractivity contribution in [2.75, 3.05) is 0 Å². The molecule has 152 valence electrons. The lowest BCUT2D eigenvalue weighted by Crippen LogP contribution is -1.98. The van der Waals surface area contributed by atoms with Gasteiger partial charge in [0.15, 0.2) is 0 Å². The van der Waals surface area contributed by atoms with Gasteiger partial charge in [-0.05, 0) is 35.6 Å². The van der Waals surface area contributed by atoms with E-state index in [4.69, 9.17) is 0 Å². The first kappa shape index (κ1) is 18.7. The number of rotatable bonds is 3. The van der Waals surface area contributed by atoms with E-state index >= 15 is 0 Å². The molecule has 0 aliphatic heterocycles. The molecule has 0 aliphatic carbocycles. The van der Waals surface area contributed by atoms with Crippen molar-refractivity contribution in [1.29, 1.82) is 0 Å². The van der Waals surface area contributed by atoms with E-state index in [-0.39, 0.29) is 0 Å². The molecule has 1 nitrogen and oxygen atoms in total. The molecule has 0 N–H and O–H groups in total. The average Bonchev–Trinajstić information content (AvgIpc) is 3.21. The van der Waals surface area contributed by atoms with Crippen molar-refractivity contribution in [3.8, 4) is 28.1 Å². The minimum Gasteiger partial charge on any atom is -0.308 e. The summed E-state index contributed by atoms with van der Waals surface area (Å²) in [7, 11) is 0. The Balaban J connectivity index is 1.87. The predicted molar refractivity (Wildman–Crippen MR) is 136 cm³/mol. The lowest BCUT2D eigenvalue weighted by molar-refractivity contribution is 1.14. The van der Waals surface area contributed by atoms with E-state index in [0.717, 1.165) is 0 Å². The van der Waals surface area contributed by atoms with Crippen molar-refractivity contribution in [3.05, 3.63) is 127 Å². The molecule has 5 aromatic carbocycles. The Labute approximate surface area is 188 Å². The van der Waals surface area contributed by atoms with Crippen LogP contribution in [0.4, 0.5) is 0 Å². The summed E-state index contributed by atoms with van der Waals surface area (Å²) in [5.74, 6) is 0. The van der Waals surface area contributed by atoms with Crippen LogP contribution in [0.3, 0.4) is 0 Å². The highest BCUT2D eigenvalue weighted by Gasteiger charge is 2.22. The summed E-state index contributed by atoms with van der Waals surface area (Å²) < 4.78 is 2.45. The molecule has 1 heteroatoms. The van der Waals surface area contributed by atoms with E-state index < -0.39 is 0 Å². The molecule has 0 saturated heterocycles. The molecule has 6 aromatic rings. The normalized spacial score (nSPS) is 11.3. The molecule has 0 radical (unpaired) electrons. The van der Waals surface area contributed by atoms with E-state index in [0.29, 0.717) is 0 Å². The van der Waals surface area contributed by atoms with Gasteiger partial charge in [0.25, 0.3) is 0 Å². The maximum absolute atomic E-state index is 2.45. The van der Waals surface area contributed by atoms with E-state index in [9.17, 15) is 0 Å². The molecular weight excluding hydrogens is 386 g/mol. The van der Waals surface area contributed by atoms with Crippen LogP contribution in [0.25, 0.3) is 49.7 Å². The maximum Gasteiger partial charge on any atom is 0.0619 e. The second kappa shape index (κ2) is 7.55. The lowest BCUT2D eigenvalue weighted by atomic mass is 9.97. The highest BCUT2D eigenvalue weighted by atomic mass is 15.0. The summed E-state index contributed by atoms with van der Waals surface area (Å²) >= 11 is 0. The molecule has 0 aliphatic rings. The second-order valence-electron chi connectivity index (χ2n) is 8.31. The van der Waals surface area contributed by atoms with Crippen molar-refractivity contribution < 1.29 is 0 Å². The van der Waals surface area contributed by atoms with E-state index in [2.05, 4.69) is 133 Å². The molecule has 1 aromatic heterocycles. The van der Waals surface area contributed by atoms with Crippen molar-refractivity contribution in [3.63, 3.8) is 0 Å². The zero-order valence-electron chi connectivity index (χ0n) is 18.0. The molecule has 0 saturated carbocycles. The zero-order chi connectivity index (χ0) is 21.5. The Kier molecular flexibility index (Phi) is 4.40. The topological polar surface area (TPSA) is 4.93 Å². The molecule has 0 spiro atoms. The predicted octanol–water partition coefficient (Wildman–Crippen LogP) is 8.43. The number of aryl methyl sites for hydroxylation is 1. The summed E-state index contributed by atoms with van der Waals surface area (Å²) in [6.45, 7) is 2.14. The molecule has 0 bridgehead atoms. The molecule has 0 amide bonds. The number of hydrogen-bond acceptors (Lipinski definition) is 0. The molecule has 0 unspecified atom stereocenters. The van der Waals surface area contributed by atoms with Crippen LogP contribution in [0.1, 0.15) is 5.56 Å². The largest absolute Gasteiger partial charge is 0.308 e.